The van der Waals surface area contributed by atoms with Crippen LogP contribution >= 0.6 is 39.3 Å². The highest BCUT2D eigenvalue weighted by Gasteiger charge is 2.36. The number of nitrogens with zero attached hydrogens (tertiary/aromatic N) is 2. The van der Waals surface area contributed by atoms with Gasteiger partial charge in [-0.3, -0.25) is 19.7 Å². The number of rotatable bonds is 6. The first kappa shape index (κ1) is 23.0. The maximum Gasteiger partial charge on any atom is 0.298 e. The molecule has 0 aromatic heterocycles. The molecular formula is C23H14BrClN2O5S. The number of amides is 2. The molecule has 0 spiro atoms. The molecule has 2 amide bonds. The van der Waals surface area contributed by atoms with E-state index in [1.807, 2.05) is 0 Å². The van der Waals surface area contributed by atoms with Crippen molar-refractivity contribution in [2.45, 2.75) is 6.61 Å². The zero-order valence-corrected chi connectivity index (χ0v) is 19.9. The van der Waals surface area contributed by atoms with Gasteiger partial charge in [0, 0.05) is 17.2 Å². The normalized spacial score (nSPS) is 14.7. The summed E-state index contributed by atoms with van der Waals surface area (Å²) < 4.78 is 6.40. The Morgan fingerprint density at radius 2 is 1.88 bits per heavy atom. The molecule has 10 heteroatoms. The SMILES string of the molecule is O=C1S/C(=C/c2ccc(OCc3cccc([N+](=O)[O-])c3)c(Br)c2)C(=O)N1c1cccc(Cl)c1. The van der Waals surface area contributed by atoms with Crippen molar-refractivity contribution < 1.29 is 19.2 Å². The number of carbonyl (C=O) groups is 2. The van der Waals surface area contributed by atoms with Crippen LogP contribution in [0.15, 0.2) is 76.1 Å². The third kappa shape index (κ3) is 5.27. The van der Waals surface area contributed by atoms with Crippen LogP contribution in [-0.2, 0) is 11.4 Å². The van der Waals surface area contributed by atoms with E-state index in [4.69, 9.17) is 16.3 Å². The number of nitro groups is 1. The summed E-state index contributed by atoms with van der Waals surface area (Å²) in [6.07, 6.45) is 1.63. The molecule has 0 atom stereocenters. The second-order valence-corrected chi connectivity index (χ2v) is 9.19. The summed E-state index contributed by atoms with van der Waals surface area (Å²) in [6, 6.07) is 18.0. The number of imide groups is 1. The zero-order valence-electron chi connectivity index (χ0n) is 16.7. The average Bonchev–Trinajstić information content (AvgIpc) is 3.06. The quantitative estimate of drug-likeness (QED) is 0.192. The van der Waals surface area contributed by atoms with Crippen LogP contribution < -0.4 is 9.64 Å². The molecule has 4 rings (SSSR count). The monoisotopic (exact) mass is 544 g/mol. The molecule has 33 heavy (non-hydrogen) atoms. The summed E-state index contributed by atoms with van der Waals surface area (Å²) in [5.74, 6) is 0.111. The molecule has 0 bridgehead atoms. The van der Waals surface area contributed by atoms with Crippen molar-refractivity contribution >= 4 is 67.9 Å². The van der Waals surface area contributed by atoms with Crippen LogP contribution in [0.25, 0.3) is 6.08 Å². The summed E-state index contributed by atoms with van der Waals surface area (Å²) in [6.45, 7) is 0.151. The summed E-state index contributed by atoms with van der Waals surface area (Å²) >= 11 is 10.3. The molecule has 3 aromatic carbocycles. The zero-order chi connectivity index (χ0) is 23.5. The third-order valence-electron chi connectivity index (χ3n) is 4.63. The Hall–Kier alpha value is -3.14. The number of thioether (sulfide) groups is 1. The maximum absolute atomic E-state index is 12.8. The highest BCUT2D eigenvalue weighted by molar-refractivity contribution is 9.10. The van der Waals surface area contributed by atoms with Gasteiger partial charge in [-0.1, -0.05) is 35.9 Å². The average molecular weight is 546 g/mol. The lowest BCUT2D eigenvalue weighted by Crippen LogP contribution is -2.27. The lowest BCUT2D eigenvalue weighted by molar-refractivity contribution is -0.384. The number of hydrogen-bond donors (Lipinski definition) is 0. The fourth-order valence-electron chi connectivity index (χ4n) is 3.10. The smallest absolute Gasteiger partial charge is 0.298 e. The van der Waals surface area contributed by atoms with E-state index in [9.17, 15) is 19.7 Å². The Balaban J connectivity index is 1.49. The van der Waals surface area contributed by atoms with E-state index in [1.54, 1.807) is 60.7 Å². The van der Waals surface area contributed by atoms with Crippen molar-refractivity contribution in [2.75, 3.05) is 4.90 Å². The Kier molecular flexibility index (Phi) is 6.83. The van der Waals surface area contributed by atoms with Gasteiger partial charge in [0.15, 0.2) is 0 Å². The first-order valence-electron chi connectivity index (χ1n) is 9.51. The van der Waals surface area contributed by atoms with Gasteiger partial charge in [-0.2, -0.15) is 0 Å². The topological polar surface area (TPSA) is 89.7 Å². The number of nitro benzene ring substituents is 1. The lowest BCUT2D eigenvalue weighted by atomic mass is 10.2. The first-order valence-corrected chi connectivity index (χ1v) is 11.5. The van der Waals surface area contributed by atoms with Gasteiger partial charge in [-0.25, -0.2) is 4.90 Å². The van der Waals surface area contributed by atoms with E-state index in [0.29, 0.717) is 32.1 Å². The summed E-state index contributed by atoms with van der Waals surface area (Å²) in [4.78, 5) is 37.1. The van der Waals surface area contributed by atoms with Crippen LogP contribution in [0, 0.1) is 10.1 Å². The van der Waals surface area contributed by atoms with Crippen LogP contribution in [0.3, 0.4) is 0 Å². The van der Waals surface area contributed by atoms with Gasteiger partial charge in [0.1, 0.15) is 12.4 Å². The Bertz CT molecular complexity index is 1310. The summed E-state index contributed by atoms with van der Waals surface area (Å²) in [5.41, 5.74) is 1.77. The first-order chi connectivity index (χ1) is 15.8. The molecule has 0 unspecified atom stereocenters. The second kappa shape index (κ2) is 9.78. The van der Waals surface area contributed by atoms with Crippen molar-refractivity contribution in [2.24, 2.45) is 0 Å². The standard InChI is InChI=1S/C23H14BrClN2O5S/c24-19-10-14(7-8-20(19)32-13-15-3-1-6-18(9-15)27(30)31)11-21-22(28)26(23(29)33-21)17-5-2-4-16(25)12-17/h1-12H,13H2/b21-11+. The number of carbonyl (C=O) groups excluding carboxylic acids is 2. The minimum Gasteiger partial charge on any atom is -0.488 e. The Morgan fingerprint density at radius 3 is 2.61 bits per heavy atom. The van der Waals surface area contributed by atoms with Crippen molar-refractivity contribution in [3.63, 3.8) is 0 Å². The minimum absolute atomic E-state index is 0.00256. The van der Waals surface area contributed by atoms with Gasteiger partial charge in [-0.15, -0.1) is 0 Å². The highest BCUT2D eigenvalue weighted by Crippen LogP contribution is 2.37. The second-order valence-electron chi connectivity index (χ2n) is 6.90. The number of ether oxygens (including phenoxy) is 1. The molecule has 1 aliphatic rings. The fraction of sp³-hybridized carbons (Fsp3) is 0.0435. The molecule has 166 valence electrons. The van der Waals surface area contributed by atoms with Crippen LogP contribution in [0.4, 0.5) is 16.2 Å². The molecule has 7 nitrogen and oxygen atoms in total. The van der Waals surface area contributed by atoms with Gasteiger partial charge in [-0.05, 0) is 75.2 Å². The van der Waals surface area contributed by atoms with E-state index >= 15 is 0 Å². The number of halogens is 2. The Labute approximate surface area is 206 Å². The molecule has 3 aromatic rings. The van der Waals surface area contributed by atoms with E-state index in [0.717, 1.165) is 16.7 Å². The molecule has 1 saturated heterocycles. The van der Waals surface area contributed by atoms with Crippen LogP contribution in [0.2, 0.25) is 5.02 Å². The van der Waals surface area contributed by atoms with Crippen LogP contribution in [0.1, 0.15) is 11.1 Å². The van der Waals surface area contributed by atoms with Crippen LogP contribution in [0.5, 0.6) is 5.75 Å². The molecule has 0 N–H and O–H groups in total. The highest BCUT2D eigenvalue weighted by atomic mass is 79.9. The molecule has 1 heterocycles. The number of non-ortho nitro benzene ring substituents is 1. The molecule has 1 fully saturated rings. The van der Waals surface area contributed by atoms with Crippen molar-refractivity contribution in [1.82, 2.24) is 0 Å². The largest absolute Gasteiger partial charge is 0.488 e. The predicted octanol–water partition coefficient (Wildman–Crippen LogP) is 6.83. The van der Waals surface area contributed by atoms with Gasteiger partial charge >= 0.3 is 0 Å². The van der Waals surface area contributed by atoms with Crippen molar-refractivity contribution in [3.05, 3.63) is 102 Å². The van der Waals surface area contributed by atoms with Crippen LogP contribution in [-0.4, -0.2) is 16.1 Å². The molecule has 0 aliphatic carbocycles. The molecule has 0 radical (unpaired) electrons. The molecular weight excluding hydrogens is 532 g/mol. The molecule has 1 aliphatic heterocycles. The fourth-order valence-corrected chi connectivity index (χ4v) is 4.64. The van der Waals surface area contributed by atoms with Gasteiger partial charge in [0.2, 0.25) is 0 Å². The lowest BCUT2D eigenvalue weighted by Gasteiger charge is -2.12. The van der Waals surface area contributed by atoms with Gasteiger partial charge < -0.3 is 4.74 Å². The number of benzene rings is 3. The predicted molar refractivity (Wildman–Crippen MR) is 131 cm³/mol. The van der Waals surface area contributed by atoms with Gasteiger partial charge in [0.25, 0.3) is 16.8 Å². The van der Waals surface area contributed by atoms with E-state index < -0.39 is 16.1 Å². The third-order valence-corrected chi connectivity index (χ3v) is 6.35. The van der Waals surface area contributed by atoms with Crippen molar-refractivity contribution in [1.29, 1.82) is 0 Å². The van der Waals surface area contributed by atoms with E-state index in [2.05, 4.69) is 15.9 Å². The number of hydrogen-bond acceptors (Lipinski definition) is 6. The minimum atomic E-state index is -0.456. The summed E-state index contributed by atoms with van der Waals surface area (Å²) in [7, 11) is 0. The van der Waals surface area contributed by atoms with Crippen molar-refractivity contribution in [3.8, 4) is 5.75 Å². The summed E-state index contributed by atoms with van der Waals surface area (Å²) in [5, 5.41) is 10.9. The molecule has 0 saturated carbocycles. The van der Waals surface area contributed by atoms with E-state index in [-0.39, 0.29) is 17.2 Å². The Morgan fingerprint density at radius 1 is 1.09 bits per heavy atom. The van der Waals surface area contributed by atoms with E-state index in [1.165, 1.54) is 12.1 Å². The maximum atomic E-state index is 12.8. The van der Waals surface area contributed by atoms with Gasteiger partial charge in [0.05, 0.1) is 20.0 Å². The number of anilines is 1.